The van der Waals surface area contributed by atoms with Gasteiger partial charge in [0, 0.05) is 5.02 Å². The van der Waals surface area contributed by atoms with Gasteiger partial charge in [0.2, 0.25) is 0 Å². The maximum atomic E-state index is 12.3. The minimum absolute atomic E-state index is 0.0987. The number of ether oxygens (including phenoxy) is 2. The van der Waals surface area contributed by atoms with E-state index in [1.54, 1.807) is 36.4 Å². The number of rotatable bonds is 3. The third kappa shape index (κ3) is 3.28. The highest BCUT2D eigenvalue weighted by Gasteiger charge is 2.27. The molecular formula is C18H13ClN2O4. The minimum atomic E-state index is -0.503. The molecule has 0 spiro atoms. The Balaban J connectivity index is 1.98. The van der Waals surface area contributed by atoms with Gasteiger partial charge in [0.25, 0.3) is 5.91 Å². The molecule has 1 amide bonds. The van der Waals surface area contributed by atoms with Crippen LogP contribution < -0.4 is 9.64 Å². The first-order valence-corrected chi connectivity index (χ1v) is 7.75. The van der Waals surface area contributed by atoms with Crippen molar-refractivity contribution in [2.75, 3.05) is 18.6 Å². The van der Waals surface area contributed by atoms with Crippen molar-refractivity contribution in [3.8, 4) is 11.8 Å². The number of nitrogens with zero attached hydrogens (tertiary/aromatic N) is 2. The molecule has 2 aromatic rings. The highest BCUT2D eigenvalue weighted by molar-refractivity contribution is 6.31. The third-order valence-corrected chi connectivity index (χ3v) is 4.19. The molecule has 0 aromatic heterocycles. The second-order valence-corrected chi connectivity index (χ2v) is 5.77. The molecule has 0 saturated carbocycles. The molecule has 2 aromatic carbocycles. The number of benzene rings is 2. The van der Waals surface area contributed by atoms with Crippen molar-refractivity contribution >= 4 is 29.2 Å². The first kappa shape index (κ1) is 16.8. The summed E-state index contributed by atoms with van der Waals surface area (Å²) in [6.45, 7) is 0.100. The highest BCUT2D eigenvalue weighted by Crippen LogP contribution is 2.35. The topological polar surface area (TPSA) is 79.6 Å². The van der Waals surface area contributed by atoms with Crippen LogP contribution in [0, 0.1) is 11.3 Å². The summed E-state index contributed by atoms with van der Waals surface area (Å²) in [7, 11) is 1.29. The number of hydrogen-bond acceptors (Lipinski definition) is 5. The predicted molar refractivity (Wildman–Crippen MR) is 90.6 cm³/mol. The molecule has 0 radical (unpaired) electrons. The van der Waals surface area contributed by atoms with Gasteiger partial charge in [-0.25, -0.2) is 4.79 Å². The number of hydrogen-bond donors (Lipinski definition) is 0. The summed E-state index contributed by atoms with van der Waals surface area (Å²) in [5.74, 6) is -0.260. The van der Waals surface area contributed by atoms with Crippen molar-refractivity contribution in [3.63, 3.8) is 0 Å². The van der Waals surface area contributed by atoms with Crippen molar-refractivity contribution in [3.05, 3.63) is 58.1 Å². The second kappa shape index (κ2) is 6.83. The quantitative estimate of drug-likeness (QED) is 0.790. The van der Waals surface area contributed by atoms with Crippen LogP contribution in [0.1, 0.15) is 21.5 Å². The molecule has 25 heavy (non-hydrogen) atoms. The van der Waals surface area contributed by atoms with Crippen molar-refractivity contribution < 1.29 is 19.1 Å². The molecule has 0 fully saturated rings. The molecule has 0 saturated heterocycles. The van der Waals surface area contributed by atoms with E-state index in [9.17, 15) is 9.59 Å². The Hall–Kier alpha value is -3.04. The summed E-state index contributed by atoms with van der Waals surface area (Å²) >= 11 is 6.21. The standard InChI is InChI=1S/C18H13ClN2O4/c1-24-18(23)12-4-5-16-15(7-12)21(17(22)10-25-16)9-13-3-2-11(8-20)6-14(13)19/h2-7H,9-10H2,1H3. The van der Waals surface area contributed by atoms with Gasteiger partial charge in [0.15, 0.2) is 6.61 Å². The van der Waals surface area contributed by atoms with E-state index in [0.717, 1.165) is 0 Å². The van der Waals surface area contributed by atoms with Gasteiger partial charge >= 0.3 is 5.97 Å². The monoisotopic (exact) mass is 356 g/mol. The van der Waals surface area contributed by atoms with Crippen molar-refractivity contribution in [2.24, 2.45) is 0 Å². The van der Waals surface area contributed by atoms with Gasteiger partial charge in [-0.1, -0.05) is 17.7 Å². The fourth-order valence-electron chi connectivity index (χ4n) is 2.54. The fraction of sp³-hybridized carbons (Fsp3) is 0.167. The summed E-state index contributed by atoms with van der Waals surface area (Å²) in [6.07, 6.45) is 0. The van der Waals surface area contributed by atoms with Crippen LogP contribution in [0.25, 0.3) is 0 Å². The molecular weight excluding hydrogens is 344 g/mol. The lowest BCUT2D eigenvalue weighted by Gasteiger charge is -2.30. The third-order valence-electron chi connectivity index (χ3n) is 3.83. The maximum absolute atomic E-state index is 12.3. The van der Waals surface area contributed by atoms with Gasteiger partial charge in [0.1, 0.15) is 5.75 Å². The molecule has 1 heterocycles. The van der Waals surface area contributed by atoms with E-state index in [2.05, 4.69) is 0 Å². The first-order valence-electron chi connectivity index (χ1n) is 7.37. The van der Waals surface area contributed by atoms with E-state index >= 15 is 0 Å². The van der Waals surface area contributed by atoms with Crippen LogP contribution in [-0.2, 0) is 16.1 Å². The lowest BCUT2D eigenvalue weighted by Crippen LogP contribution is -2.38. The van der Waals surface area contributed by atoms with Gasteiger partial charge in [-0.15, -0.1) is 0 Å². The van der Waals surface area contributed by atoms with Crippen molar-refractivity contribution in [2.45, 2.75) is 6.54 Å². The van der Waals surface area contributed by atoms with Crippen LogP contribution in [0.2, 0.25) is 5.02 Å². The molecule has 0 atom stereocenters. The Morgan fingerprint density at radius 3 is 2.84 bits per heavy atom. The van der Waals surface area contributed by atoms with Crippen LogP contribution in [0.4, 0.5) is 5.69 Å². The lowest BCUT2D eigenvalue weighted by atomic mass is 10.1. The Morgan fingerprint density at radius 2 is 2.16 bits per heavy atom. The molecule has 126 valence electrons. The SMILES string of the molecule is COC(=O)c1ccc2c(c1)N(Cc1ccc(C#N)cc1Cl)C(=O)CO2. The number of halogens is 1. The van der Waals surface area contributed by atoms with E-state index < -0.39 is 5.97 Å². The Morgan fingerprint density at radius 1 is 1.36 bits per heavy atom. The van der Waals surface area contributed by atoms with Crippen LogP contribution in [0.15, 0.2) is 36.4 Å². The van der Waals surface area contributed by atoms with E-state index in [1.807, 2.05) is 6.07 Å². The predicted octanol–water partition coefficient (Wildman–Crippen LogP) is 2.92. The van der Waals surface area contributed by atoms with Crippen LogP contribution in [0.5, 0.6) is 5.75 Å². The summed E-state index contributed by atoms with van der Waals surface area (Å²) in [4.78, 5) is 25.6. The summed E-state index contributed by atoms with van der Waals surface area (Å²) in [6, 6.07) is 11.7. The fourth-order valence-corrected chi connectivity index (χ4v) is 2.78. The molecule has 0 bridgehead atoms. The van der Waals surface area contributed by atoms with Gasteiger partial charge in [0.05, 0.1) is 36.5 Å². The van der Waals surface area contributed by atoms with Gasteiger partial charge in [-0.05, 0) is 35.9 Å². The zero-order valence-electron chi connectivity index (χ0n) is 13.3. The maximum Gasteiger partial charge on any atom is 0.337 e. The number of carbonyl (C=O) groups excluding carboxylic acids is 2. The van der Waals surface area contributed by atoms with E-state index in [-0.39, 0.29) is 19.1 Å². The smallest absolute Gasteiger partial charge is 0.337 e. The number of amides is 1. The van der Waals surface area contributed by atoms with E-state index in [4.69, 9.17) is 26.3 Å². The zero-order valence-corrected chi connectivity index (χ0v) is 14.0. The second-order valence-electron chi connectivity index (χ2n) is 5.36. The van der Waals surface area contributed by atoms with Gasteiger partial charge in [-0.2, -0.15) is 5.26 Å². The van der Waals surface area contributed by atoms with Gasteiger partial charge in [-0.3, -0.25) is 4.79 Å². The zero-order chi connectivity index (χ0) is 18.0. The minimum Gasteiger partial charge on any atom is -0.482 e. The Labute approximate surface area is 149 Å². The Bertz CT molecular complexity index is 904. The average molecular weight is 357 g/mol. The average Bonchev–Trinajstić information content (AvgIpc) is 2.64. The molecule has 1 aliphatic rings. The molecule has 0 unspecified atom stereocenters. The number of methoxy groups -OCH3 is 1. The molecule has 0 aliphatic carbocycles. The Kier molecular flexibility index (Phi) is 4.59. The van der Waals surface area contributed by atoms with Gasteiger partial charge < -0.3 is 14.4 Å². The van der Waals surface area contributed by atoms with E-state index in [1.165, 1.54) is 12.0 Å². The molecule has 3 rings (SSSR count). The normalized spacial score (nSPS) is 12.8. The number of nitriles is 1. The number of esters is 1. The van der Waals surface area contributed by atoms with Crippen molar-refractivity contribution in [1.82, 2.24) is 0 Å². The molecule has 7 heteroatoms. The first-order chi connectivity index (χ1) is 12.0. The molecule has 0 N–H and O–H groups in total. The lowest BCUT2D eigenvalue weighted by molar-refractivity contribution is -0.121. The molecule has 6 nitrogen and oxygen atoms in total. The number of carbonyl (C=O) groups is 2. The highest BCUT2D eigenvalue weighted by atomic mass is 35.5. The largest absolute Gasteiger partial charge is 0.482 e. The number of fused-ring (bicyclic) bond motifs is 1. The van der Waals surface area contributed by atoms with Crippen LogP contribution >= 0.6 is 11.6 Å². The summed E-state index contributed by atoms with van der Waals surface area (Å²) in [5, 5.41) is 9.31. The summed E-state index contributed by atoms with van der Waals surface area (Å²) < 4.78 is 10.1. The summed E-state index contributed by atoms with van der Waals surface area (Å²) in [5.41, 5.74) is 1.91. The number of anilines is 1. The van der Waals surface area contributed by atoms with Crippen LogP contribution in [0.3, 0.4) is 0 Å². The van der Waals surface area contributed by atoms with Crippen molar-refractivity contribution in [1.29, 1.82) is 5.26 Å². The van der Waals surface area contributed by atoms with E-state index in [0.29, 0.717) is 33.1 Å². The molecule has 1 aliphatic heterocycles. The van der Waals surface area contributed by atoms with Crippen LogP contribution in [-0.4, -0.2) is 25.6 Å².